The molecule has 6 nitrogen and oxygen atoms in total. The fourth-order valence-corrected chi connectivity index (χ4v) is 3.91. The van der Waals surface area contributed by atoms with E-state index in [-0.39, 0.29) is 0 Å². The van der Waals surface area contributed by atoms with Crippen LogP contribution in [0.25, 0.3) is 11.4 Å². The number of nitrogens with zero attached hydrogens (tertiary/aromatic N) is 3. The largest absolute Gasteiger partial charge is 0.496 e. The van der Waals surface area contributed by atoms with Crippen LogP contribution < -0.4 is 14.2 Å². The van der Waals surface area contributed by atoms with E-state index in [0.29, 0.717) is 48.1 Å². The van der Waals surface area contributed by atoms with Gasteiger partial charge in [-0.25, -0.2) is 9.97 Å². The first-order valence-corrected chi connectivity index (χ1v) is 10.4. The molecule has 1 aliphatic rings. The molecule has 0 amide bonds. The molecule has 0 aliphatic carbocycles. The first-order chi connectivity index (χ1) is 15.8. The molecule has 9 heteroatoms. The van der Waals surface area contributed by atoms with E-state index in [4.69, 9.17) is 14.2 Å². The fraction of sp³-hybridized carbons (Fsp3) is 0.333. The van der Waals surface area contributed by atoms with Crippen molar-refractivity contribution >= 4 is 0 Å². The van der Waals surface area contributed by atoms with Crippen molar-refractivity contribution in [3.05, 3.63) is 65.0 Å². The van der Waals surface area contributed by atoms with Gasteiger partial charge in [0.25, 0.3) is 0 Å². The van der Waals surface area contributed by atoms with Crippen molar-refractivity contribution in [1.82, 2.24) is 14.9 Å². The topological polar surface area (TPSA) is 56.7 Å². The van der Waals surface area contributed by atoms with Gasteiger partial charge in [-0.1, -0.05) is 12.1 Å². The van der Waals surface area contributed by atoms with Crippen molar-refractivity contribution in [1.29, 1.82) is 0 Å². The predicted molar refractivity (Wildman–Crippen MR) is 116 cm³/mol. The standard InChI is InChI=1S/C24H24F3N3O3/c1-31-20-11-22(33-3)21(32-2)10-16(20)13-30-9-8-19-17(14-30)12-28-23(29-19)15-4-6-18(7-5-15)24(25,26)27/h4-7,10-12H,8-9,13-14H2,1-3H3. The molecule has 0 N–H and O–H groups in total. The monoisotopic (exact) mass is 459 g/mol. The zero-order valence-electron chi connectivity index (χ0n) is 18.6. The maximum absolute atomic E-state index is 12.8. The van der Waals surface area contributed by atoms with Gasteiger partial charge in [-0.05, 0) is 18.2 Å². The van der Waals surface area contributed by atoms with Crippen LogP contribution in [-0.4, -0.2) is 42.7 Å². The zero-order chi connectivity index (χ0) is 23.6. The van der Waals surface area contributed by atoms with Crippen molar-refractivity contribution in [3.63, 3.8) is 0 Å². The summed E-state index contributed by atoms with van der Waals surface area (Å²) in [6, 6.07) is 8.64. The molecular formula is C24H24F3N3O3. The minimum absolute atomic E-state index is 0.428. The Kier molecular flexibility index (Phi) is 6.42. The van der Waals surface area contributed by atoms with Crippen LogP contribution in [0.4, 0.5) is 13.2 Å². The molecule has 0 atom stereocenters. The van der Waals surface area contributed by atoms with Crippen LogP contribution in [0.2, 0.25) is 0 Å². The molecule has 1 aromatic heterocycles. The highest BCUT2D eigenvalue weighted by atomic mass is 19.4. The van der Waals surface area contributed by atoms with Crippen LogP contribution in [0.1, 0.15) is 22.4 Å². The third-order valence-electron chi connectivity index (χ3n) is 5.66. The summed E-state index contributed by atoms with van der Waals surface area (Å²) in [5.41, 5.74) is 2.75. The number of halogens is 3. The predicted octanol–water partition coefficient (Wildman–Crippen LogP) is 4.75. The number of alkyl halides is 3. The molecule has 0 spiro atoms. The van der Waals surface area contributed by atoms with Crippen LogP contribution in [0.15, 0.2) is 42.6 Å². The van der Waals surface area contributed by atoms with Crippen molar-refractivity contribution in [3.8, 4) is 28.6 Å². The van der Waals surface area contributed by atoms with Crippen molar-refractivity contribution in [2.24, 2.45) is 0 Å². The maximum Gasteiger partial charge on any atom is 0.416 e. The molecule has 2 aromatic carbocycles. The highest BCUT2D eigenvalue weighted by Gasteiger charge is 2.30. The molecule has 0 fully saturated rings. The third kappa shape index (κ3) is 4.88. The molecule has 0 saturated heterocycles. The van der Waals surface area contributed by atoms with Crippen LogP contribution in [-0.2, 0) is 25.7 Å². The van der Waals surface area contributed by atoms with Crippen LogP contribution in [0, 0.1) is 0 Å². The lowest BCUT2D eigenvalue weighted by molar-refractivity contribution is -0.137. The van der Waals surface area contributed by atoms with Gasteiger partial charge >= 0.3 is 6.18 Å². The molecular weight excluding hydrogens is 435 g/mol. The van der Waals surface area contributed by atoms with Gasteiger partial charge in [-0.3, -0.25) is 4.90 Å². The summed E-state index contributed by atoms with van der Waals surface area (Å²) in [7, 11) is 4.79. The quantitative estimate of drug-likeness (QED) is 0.531. The highest BCUT2D eigenvalue weighted by molar-refractivity contribution is 5.56. The molecule has 1 aliphatic heterocycles. The second-order valence-electron chi connectivity index (χ2n) is 7.72. The minimum atomic E-state index is -4.37. The SMILES string of the molecule is COc1cc(OC)c(OC)cc1CN1CCc2nc(-c3ccc(C(F)(F)F)cc3)ncc2C1. The van der Waals surface area contributed by atoms with E-state index in [1.54, 1.807) is 27.5 Å². The Morgan fingerprint density at radius 1 is 0.939 bits per heavy atom. The lowest BCUT2D eigenvalue weighted by atomic mass is 10.0. The Balaban J connectivity index is 1.51. The first-order valence-electron chi connectivity index (χ1n) is 10.4. The number of hydrogen-bond acceptors (Lipinski definition) is 6. The molecule has 0 bridgehead atoms. The average molecular weight is 459 g/mol. The summed E-state index contributed by atoms with van der Waals surface area (Å²) in [5.74, 6) is 2.38. The summed E-state index contributed by atoms with van der Waals surface area (Å²) < 4.78 is 54.7. The summed E-state index contributed by atoms with van der Waals surface area (Å²) in [6.07, 6.45) is -1.90. The van der Waals surface area contributed by atoms with E-state index in [1.165, 1.54) is 12.1 Å². The van der Waals surface area contributed by atoms with Gasteiger partial charge in [0, 0.05) is 55.0 Å². The van der Waals surface area contributed by atoms with Crippen molar-refractivity contribution in [2.45, 2.75) is 25.7 Å². The lowest BCUT2D eigenvalue weighted by Crippen LogP contribution is -2.31. The van der Waals surface area contributed by atoms with Gasteiger partial charge in [-0.15, -0.1) is 0 Å². The van der Waals surface area contributed by atoms with Gasteiger partial charge in [0.1, 0.15) is 5.75 Å². The molecule has 0 unspecified atom stereocenters. The highest BCUT2D eigenvalue weighted by Crippen LogP contribution is 2.36. The summed E-state index contributed by atoms with van der Waals surface area (Å²) in [4.78, 5) is 11.3. The summed E-state index contributed by atoms with van der Waals surface area (Å²) in [5, 5.41) is 0. The van der Waals surface area contributed by atoms with Crippen LogP contribution >= 0.6 is 0 Å². The molecule has 4 rings (SSSR count). The molecule has 174 valence electrons. The Bertz CT molecular complexity index is 1130. The summed E-state index contributed by atoms with van der Waals surface area (Å²) >= 11 is 0. The van der Waals surface area contributed by atoms with Gasteiger partial charge in [0.05, 0.1) is 32.6 Å². The van der Waals surface area contributed by atoms with E-state index in [0.717, 1.165) is 35.5 Å². The number of hydrogen-bond donors (Lipinski definition) is 0. The average Bonchev–Trinajstić information content (AvgIpc) is 2.83. The lowest BCUT2D eigenvalue weighted by Gasteiger charge is -2.28. The number of benzene rings is 2. The molecule has 2 heterocycles. The Morgan fingerprint density at radius 2 is 1.61 bits per heavy atom. The van der Waals surface area contributed by atoms with E-state index < -0.39 is 11.7 Å². The maximum atomic E-state index is 12.8. The van der Waals surface area contributed by atoms with Gasteiger partial charge in [0.15, 0.2) is 17.3 Å². The number of fused-ring (bicyclic) bond motifs is 1. The Labute approximate surface area is 189 Å². The molecule has 0 radical (unpaired) electrons. The van der Waals surface area contributed by atoms with E-state index in [2.05, 4.69) is 14.9 Å². The smallest absolute Gasteiger partial charge is 0.416 e. The Hall–Kier alpha value is -3.33. The fourth-order valence-electron chi connectivity index (χ4n) is 3.91. The van der Waals surface area contributed by atoms with Crippen molar-refractivity contribution in [2.75, 3.05) is 27.9 Å². The molecule has 33 heavy (non-hydrogen) atoms. The third-order valence-corrected chi connectivity index (χ3v) is 5.66. The molecule has 3 aromatic rings. The van der Waals surface area contributed by atoms with Crippen LogP contribution in [0.3, 0.4) is 0 Å². The Morgan fingerprint density at radius 3 is 2.24 bits per heavy atom. The number of rotatable bonds is 6. The number of aromatic nitrogens is 2. The number of ether oxygens (including phenoxy) is 3. The second-order valence-corrected chi connectivity index (χ2v) is 7.72. The van der Waals surface area contributed by atoms with Gasteiger partial charge < -0.3 is 14.2 Å². The van der Waals surface area contributed by atoms with E-state index in [9.17, 15) is 13.2 Å². The minimum Gasteiger partial charge on any atom is -0.496 e. The molecule has 0 saturated carbocycles. The van der Waals surface area contributed by atoms with E-state index >= 15 is 0 Å². The normalized spacial score (nSPS) is 14.0. The number of methoxy groups -OCH3 is 3. The van der Waals surface area contributed by atoms with Crippen molar-refractivity contribution < 1.29 is 27.4 Å². The van der Waals surface area contributed by atoms with Gasteiger partial charge in [0.2, 0.25) is 0 Å². The van der Waals surface area contributed by atoms with Crippen LogP contribution in [0.5, 0.6) is 17.2 Å². The van der Waals surface area contributed by atoms with E-state index in [1.807, 2.05) is 12.1 Å². The van der Waals surface area contributed by atoms with Gasteiger partial charge in [-0.2, -0.15) is 13.2 Å². The summed E-state index contributed by atoms with van der Waals surface area (Å²) in [6.45, 7) is 2.07. The second kappa shape index (κ2) is 9.27. The zero-order valence-corrected chi connectivity index (χ0v) is 18.6. The first kappa shape index (κ1) is 22.8.